The molecule has 24 unspecified atom stereocenters. The van der Waals surface area contributed by atoms with Gasteiger partial charge < -0.3 is 46.6 Å². The van der Waals surface area contributed by atoms with Gasteiger partial charge in [-0.15, -0.1) is 0 Å². The number of phenolic OH excluding ortho intramolecular Hbond substituents is 1. The molecule has 2 aromatic rings. The lowest BCUT2D eigenvalue weighted by atomic mass is 9.28. The van der Waals surface area contributed by atoms with Crippen molar-refractivity contribution < 1.29 is 39.9 Å². The molecule has 9 N–H and O–H groups in total. The topological polar surface area (TPSA) is 198 Å². The summed E-state index contributed by atoms with van der Waals surface area (Å²) in [6.45, 7) is 12.3. The molecule has 14 aliphatic rings. The van der Waals surface area contributed by atoms with Crippen molar-refractivity contribution in [2.24, 2.45) is 98.6 Å². The number of Topliss-reactive ketones (excluding diaryl/α,β-unsaturated/α-hetero) is 2. The fourth-order valence-corrected chi connectivity index (χ4v) is 25.5. The van der Waals surface area contributed by atoms with Gasteiger partial charge in [0.05, 0.1) is 28.8 Å². The van der Waals surface area contributed by atoms with Crippen LogP contribution in [0.25, 0.3) is 0 Å². The molecule has 2 heterocycles. The van der Waals surface area contributed by atoms with Crippen molar-refractivity contribution in [3.8, 4) is 5.75 Å². The van der Waals surface area contributed by atoms with Crippen molar-refractivity contribution in [2.75, 3.05) is 25.9 Å². The average molecular weight is 1170 g/mol. The number of fused-ring (bicyclic) bond motifs is 5. The zero-order valence-electron chi connectivity index (χ0n) is 52.4. The van der Waals surface area contributed by atoms with Crippen molar-refractivity contribution in [1.29, 1.82) is 0 Å². The third-order valence-corrected chi connectivity index (χ3v) is 28.1. The Labute approximate surface area is 511 Å². The summed E-state index contributed by atoms with van der Waals surface area (Å²) in [5.74, 6) is 0.702. The number of nitrogens with two attached hydrogens (primary N) is 1. The van der Waals surface area contributed by atoms with Crippen LogP contribution in [0, 0.1) is 98.6 Å². The van der Waals surface area contributed by atoms with E-state index in [1.54, 1.807) is 0 Å². The molecule has 0 radical (unpaired) electrons. The van der Waals surface area contributed by atoms with E-state index in [1.165, 1.54) is 16.7 Å². The van der Waals surface area contributed by atoms with Crippen LogP contribution in [0.5, 0.6) is 5.75 Å². The number of carbonyl (C=O) groups excluding carboxylic acids is 2. The molecule has 0 amide bonds. The van der Waals surface area contributed by atoms with Crippen LogP contribution in [-0.4, -0.2) is 92.9 Å². The van der Waals surface area contributed by atoms with E-state index in [0.717, 1.165) is 99.4 Å². The summed E-state index contributed by atoms with van der Waals surface area (Å²) in [5, 5.41) is 70.3. The van der Waals surface area contributed by atoms with E-state index in [4.69, 9.17) is 10.5 Å². The summed E-state index contributed by atoms with van der Waals surface area (Å²) < 4.78 is 7.09. The minimum Gasteiger partial charge on any atom is -0.508 e. The molecule has 86 heavy (non-hydrogen) atoms. The first-order valence-corrected chi connectivity index (χ1v) is 34.5. The number of anilines is 1. The number of ether oxygens (including phenoxy) is 1. The van der Waals surface area contributed by atoms with Gasteiger partial charge in [-0.2, -0.15) is 0 Å². The second-order valence-electron chi connectivity index (χ2n) is 32.5. The highest BCUT2D eigenvalue weighted by Gasteiger charge is 2.82. The lowest BCUT2D eigenvalue weighted by Gasteiger charge is -2.76. The Hall–Kier alpha value is -3.94. The molecule has 11 bridgehead atoms. The Kier molecular flexibility index (Phi) is 14.0. The third-order valence-electron chi connectivity index (χ3n) is 28.1. The van der Waals surface area contributed by atoms with Gasteiger partial charge in [-0.25, -0.2) is 0 Å². The number of aliphatic hydroxyl groups excluding tert-OH is 3. The minimum atomic E-state index is -0.975. The number of benzene rings is 2. The number of β-amino-alcohol motifs (C(OH)–C–C–N with tert-alkyl or cyclic N) is 1. The molecule has 16 rings (SSSR count). The van der Waals surface area contributed by atoms with E-state index in [0.29, 0.717) is 69.7 Å². The summed E-state index contributed by atoms with van der Waals surface area (Å²) in [4.78, 5) is 34.1. The maximum Gasteiger partial charge on any atom is 0.160 e. The zero-order valence-corrected chi connectivity index (χ0v) is 52.4. The largest absolute Gasteiger partial charge is 0.508 e. The van der Waals surface area contributed by atoms with Gasteiger partial charge in [0, 0.05) is 54.6 Å². The minimum absolute atomic E-state index is 0.0121. The third kappa shape index (κ3) is 8.07. The number of ketones is 2. The van der Waals surface area contributed by atoms with Crippen molar-refractivity contribution in [1.82, 2.24) is 10.6 Å². The molecule has 8 fully saturated rings. The van der Waals surface area contributed by atoms with Gasteiger partial charge in [0.2, 0.25) is 0 Å². The van der Waals surface area contributed by atoms with E-state index in [2.05, 4.69) is 99.1 Å². The Morgan fingerprint density at radius 3 is 2.50 bits per heavy atom. The fourth-order valence-electron chi connectivity index (χ4n) is 25.5. The molecule has 2 aliphatic heterocycles. The monoisotopic (exact) mass is 1170 g/mol. The van der Waals surface area contributed by atoms with Gasteiger partial charge in [-0.05, 0) is 251 Å². The summed E-state index contributed by atoms with van der Waals surface area (Å²) >= 11 is 0. The predicted molar refractivity (Wildman–Crippen MR) is 334 cm³/mol. The van der Waals surface area contributed by atoms with Crippen LogP contribution in [0.4, 0.5) is 5.69 Å². The number of rotatable bonds is 10. The van der Waals surface area contributed by atoms with E-state index < -0.39 is 62.5 Å². The van der Waals surface area contributed by atoms with Crippen LogP contribution < -0.4 is 16.4 Å². The van der Waals surface area contributed by atoms with Crippen LogP contribution >= 0.6 is 0 Å². The Balaban J connectivity index is 0.931. The molecule has 11 nitrogen and oxygen atoms in total. The number of hydrogen-bond donors (Lipinski definition) is 8. The van der Waals surface area contributed by atoms with E-state index in [-0.39, 0.29) is 95.2 Å². The van der Waals surface area contributed by atoms with Gasteiger partial charge in [0.15, 0.2) is 11.6 Å². The highest BCUT2D eigenvalue weighted by atomic mass is 16.6. The number of phenols is 1. The first-order chi connectivity index (χ1) is 41.2. The highest BCUT2D eigenvalue weighted by Crippen LogP contribution is 2.83. The van der Waals surface area contributed by atoms with E-state index >= 15 is 9.59 Å². The first kappa shape index (κ1) is 58.4. The molecule has 0 aromatic heterocycles. The number of aliphatic hydroxyl groups is 4. The highest BCUT2D eigenvalue weighted by molar-refractivity contribution is 6.01. The molecule has 2 aromatic carbocycles. The quantitative estimate of drug-likeness (QED) is 0.0640. The molecule has 2 saturated heterocycles. The van der Waals surface area contributed by atoms with Crippen LogP contribution in [-0.2, 0) is 32.7 Å². The normalized spacial score (nSPS) is 48.1. The molecule has 464 valence electrons. The zero-order chi connectivity index (χ0) is 59.8. The number of aromatic hydroxyl groups is 1. The number of epoxide rings is 1. The summed E-state index contributed by atoms with van der Waals surface area (Å²) in [7, 11) is 1.93. The van der Waals surface area contributed by atoms with Gasteiger partial charge in [0.1, 0.15) is 11.9 Å². The van der Waals surface area contributed by atoms with Crippen LogP contribution in [0.3, 0.4) is 0 Å². The number of carbonyl (C=O) groups is 2. The Morgan fingerprint density at radius 1 is 0.872 bits per heavy atom. The maximum atomic E-state index is 17.3. The smallest absolute Gasteiger partial charge is 0.160 e. The Morgan fingerprint density at radius 2 is 1.70 bits per heavy atom. The van der Waals surface area contributed by atoms with Gasteiger partial charge in [-0.1, -0.05) is 101 Å². The molecule has 3 spiro atoms. The van der Waals surface area contributed by atoms with Gasteiger partial charge in [0.25, 0.3) is 0 Å². The summed E-state index contributed by atoms with van der Waals surface area (Å²) in [5.41, 5.74) is 9.07. The summed E-state index contributed by atoms with van der Waals surface area (Å²) in [6, 6.07) is 12.5. The van der Waals surface area contributed by atoms with Gasteiger partial charge >= 0.3 is 0 Å². The second kappa shape index (κ2) is 20.5. The standard InChI is InChI=1S/C75H101N3O8/c1-41(2)28-42-29-46(33-48(76)31-42)50-12-9-13-54(50)71(5)67(86-71)65(83)53-19-18-52-45(39-79)15-17-51-44-16-21-58(81)56(34-44)75-36-57-66-70(4)60-14-10-25-72(66,24-8-7-23-69(3,85)40-78-57)68(84)74(60,47-30-43(38-77-6)32-49(80)35-47)27-11-26-73(75)37-59(82)64(63(53)62(51)52)55(73)20-22-61(70)75/h10,14,16,18-19,21,29-33,35,41,44-45,50-54,56-58,60-63,65-67,77-81,83,85H,7-9,11-13,15,17,20,22-28,34,36-40,76H2,1-6H3. The molecule has 11 heteroatoms. The van der Waals surface area contributed by atoms with Crippen LogP contribution in [0.15, 0.2) is 84.0 Å². The second-order valence-corrected chi connectivity index (χ2v) is 32.5. The van der Waals surface area contributed by atoms with Gasteiger partial charge in [-0.3, -0.25) is 9.59 Å². The molecule has 12 aliphatic carbocycles. The number of nitrogen functional groups attached to an aromatic ring is 1. The maximum absolute atomic E-state index is 17.3. The number of hydrogen-bond acceptors (Lipinski definition) is 11. The SMILES string of the molecule is CNCc1cc(O)cc(C23CCCC45CC(=O)C6=C4CCC4C7(C)C8C(CC45C4CC(C=CC4O)C4CCC(CO)C5C=CC(C(O)C9OC9(C)C9CCCC9c9cc(N)cc(CC(C)C)c9)C6C54)NCC(C)(O)CCCCC8(CC=CC27)C3=O)c1. The molecule has 6 saturated carbocycles. The van der Waals surface area contributed by atoms with Crippen LogP contribution in [0.1, 0.15) is 178 Å². The lowest BCUT2D eigenvalue weighted by Crippen LogP contribution is -2.77. The number of nitrogens with one attached hydrogen (secondary N) is 2. The molecule has 24 atom stereocenters. The van der Waals surface area contributed by atoms with E-state index in [1.807, 2.05) is 26.1 Å². The van der Waals surface area contributed by atoms with Crippen molar-refractivity contribution in [3.05, 3.63) is 106 Å². The van der Waals surface area contributed by atoms with Crippen molar-refractivity contribution in [2.45, 2.75) is 210 Å². The van der Waals surface area contributed by atoms with E-state index in [9.17, 15) is 25.5 Å². The van der Waals surface area contributed by atoms with Crippen LogP contribution in [0.2, 0.25) is 0 Å². The predicted octanol–water partition coefficient (Wildman–Crippen LogP) is 11.1. The molecular formula is C75H101N3O8. The Bertz CT molecular complexity index is 3200. The summed E-state index contributed by atoms with van der Waals surface area (Å²) in [6.07, 6.45) is 26.9. The molecular weight excluding hydrogens is 1070 g/mol. The number of allylic oxidation sites excluding steroid dienone is 6. The fraction of sp³-hybridized carbons (Fsp3) is 0.707. The first-order valence-electron chi connectivity index (χ1n) is 34.5. The average Bonchev–Trinajstić information content (AvgIpc) is 1.18. The van der Waals surface area contributed by atoms with Crippen molar-refractivity contribution in [3.63, 3.8) is 0 Å². The lowest BCUT2D eigenvalue weighted by molar-refractivity contribution is -0.249. The van der Waals surface area contributed by atoms with Crippen molar-refractivity contribution >= 4 is 17.3 Å².